The molecule has 0 fully saturated rings. The van der Waals surface area contributed by atoms with Crippen LogP contribution < -0.4 is 0 Å². The number of terminal acetylenes is 1. The number of hydrogen-bond acceptors (Lipinski definition) is 3. The van der Waals surface area contributed by atoms with Crippen molar-refractivity contribution in [3.8, 4) is 24.4 Å². The molecule has 3 nitrogen and oxygen atoms in total. The first-order valence-electron chi connectivity index (χ1n) is 5.96. The highest BCUT2D eigenvalue weighted by Gasteiger charge is 2.15. The summed E-state index contributed by atoms with van der Waals surface area (Å²) in [7, 11) is 0. The Labute approximate surface area is 115 Å². The van der Waals surface area contributed by atoms with Crippen LogP contribution in [0.25, 0.3) is 0 Å². The molecule has 0 heterocycles. The summed E-state index contributed by atoms with van der Waals surface area (Å²) in [6, 6.07) is 0. The number of rotatable bonds is 6. The molecule has 0 bridgehead atoms. The van der Waals surface area contributed by atoms with Crippen LogP contribution in [0.15, 0.2) is 23.8 Å². The Morgan fingerprint density at radius 2 is 2.11 bits per heavy atom. The Balaban J connectivity index is 4.31. The summed E-state index contributed by atoms with van der Waals surface area (Å²) in [5.74, 6) is 4.48. The van der Waals surface area contributed by atoms with Crippen molar-refractivity contribution in [3.05, 3.63) is 23.8 Å². The van der Waals surface area contributed by atoms with Crippen LogP contribution in [0.4, 0.5) is 0 Å². The van der Waals surface area contributed by atoms with Gasteiger partial charge in [0.1, 0.15) is 11.7 Å². The topological polar surface area (TPSA) is 35.5 Å². The van der Waals surface area contributed by atoms with Gasteiger partial charge in [-0.1, -0.05) is 24.0 Å². The van der Waals surface area contributed by atoms with E-state index in [1.807, 2.05) is 32.9 Å². The smallest absolute Gasteiger partial charge is 0.331 e. The third-order valence-corrected chi connectivity index (χ3v) is 2.06. The van der Waals surface area contributed by atoms with Gasteiger partial charge >= 0.3 is 5.97 Å². The van der Waals surface area contributed by atoms with Crippen LogP contribution >= 0.6 is 0 Å². The minimum absolute atomic E-state index is 0.0110. The Hall–Kier alpha value is -2.13. The van der Waals surface area contributed by atoms with Gasteiger partial charge in [0, 0.05) is 19.4 Å². The van der Waals surface area contributed by atoms with E-state index in [2.05, 4.69) is 17.9 Å². The van der Waals surface area contributed by atoms with Crippen molar-refractivity contribution in [2.24, 2.45) is 0 Å². The molecule has 0 aromatic carbocycles. The number of hydrogen-bond donors (Lipinski definition) is 0. The van der Waals surface area contributed by atoms with Crippen molar-refractivity contribution in [1.82, 2.24) is 0 Å². The first-order chi connectivity index (χ1) is 8.91. The minimum atomic E-state index is -0.438. The molecule has 19 heavy (non-hydrogen) atoms. The first-order valence-corrected chi connectivity index (χ1v) is 5.96. The van der Waals surface area contributed by atoms with Crippen molar-refractivity contribution in [3.63, 3.8) is 0 Å². The molecular weight excluding hydrogens is 240 g/mol. The molecule has 0 atom stereocenters. The zero-order valence-corrected chi connectivity index (χ0v) is 11.9. The molecular formula is C16H20O3. The molecule has 0 rings (SSSR count). The van der Waals surface area contributed by atoms with Crippen LogP contribution in [0, 0.1) is 24.4 Å². The number of carbonyl (C=O) groups excluding carboxylic acids is 1. The Bertz CT molecular complexity index is 451. The van der Waals surface area contributed by atoms with Gasteiger partial charge in [0.2, 0.25) is 0 Å². The van der Waals surface area contributed by atoms with Crippen LogP contribution in [0.3, 0.4) is 0 Å². The second-order valence-corrected chi connectivity index (χ2v) is 4.52. The van der Waals surface area contributed by atoms with Crippen molar-refractivity contribution >= 4 is 5.97 Å². The van der Waals surface area contributed by atoms with Gasteiger partial charge in [0.25, 0.3) is 0 Å². The highest BCUT2D eigenvalue weighted by molar-refractivity contribution is 5.83. The SMILES string of the molecule is C#CCOC(=O)C=C(C)C=CCC(C)(C)OC#CC. The summed E-state index contributed by atoms with van der Waals surface area (Å²) in [5, 5.41) is 0. The van der Waals surface area contributed by atoms with Gasteiger partial charge in [0.05, 0.1) is 0 Å². The van der Waals surface area contributed by atoms with Crippen LogP contribution in [0.1, 0.15) is 34.1 Å². The largest absolute Gasteiger partial charge is 0.449 e. The lowest BCUT2D eigenvalue weighted by Gasteiger charge is -2.19. The number of carbonyl (C=O) groups is 1. The van der Waals surface area contributed by atoms with Gasteiger partial charge in [-0.25, -0.2) is 4.79 Å². The molecule has 0 aliphatic heterocycles. The molecule has 0 saturated carbocycles. The van der Waals surface area contributed by atoms with E-state index in [0.29, 0.717) is 6.42 Å². The molecule has 0 spiro atoms. The van der Waals surface area contributed by atoms with E-state index in [0.717, 1.165) is 5.57 Å². The minimum Gasteiger partial charge on any atom is -0.449 e. The monoisotopic (exact) mass is 260 g/mol. The standard InChI is InChI=1S/C16H20O3/c1-6-11-18-15(17)13-14(3)9-8-10-16(4,5)19-12-7-2/h1,8-9,13H,10-11H2,2-5H3. The van der Waals surface area contributed by atoms with Gasteiger partial charge < -0.3 is 9.47 Å². The van der Waals surface area contributed by atoms with Gasteiger partial charge in [-0.3, -0.25) is 0 Å². The fourth-order valence-electron chi connectivity index (χ4n) is 1.15. The van der Waals surface area contributed by atoms with Gasteiger partial charge in [-0.15, -0.1) is 6.42 Å². The second-order valence-electron chi connectivity index (χ2n) is 4.52. The maximum absolute atomic E-state index is 11.2. The zero-order valence-electron chi connectivity index (χ0n) is 11.9. The molecule has 102 valence electrons. The lowest BCUT2D eigenvalue weighted by atomic mass is 10.0. The van der Waals surface area contributed by atoms with Crippen molar-refractivity contribution in [1.29, 1.82) is 0 Å². The summed E-state index contributed by atoms with van der Waals surface area (Å²) in [5.41, 5.74) is 0.434. The van der Waals surface area contributed by atoms with E-state index >= 15 is 0 Å². The molecule has 0 aromatic heterocycles. The van der Waals surface area contributed by atoms with Crippen LogP contribution in [-0.2, 0) is 14.3 Å². The molecule has 0 amide bonds. The average molecular weight is 260 g/mol. The molecule has 3 heteroatoms. The summed E-state index contributed by atoms with van der Waals surface area (Å²) in [6.07, 6.45) is 13.4. The predicted octanol–water partition coefficient (Wildman–Crippen LogP) is 2.83. The third kappa shape index (κ3) is 9.56. The van der Waals surface area contributed by atoms with Gasteiger partial charge in [-0.2, -0.15) is 0 Å². The van der Waals surface area contributed by atoms with Gasteiger partial charge in [0.15, 0.2) is 6.61 Å². The average Bonchev–Trinajstić information content (AvgIpc) is 2.33. The van der Waals surface area contributed by atoms with E-state index in [1.54, 1.807) is 6.92 Å². The summed E-state index contributed by atoms with van der Waals surface area (Å²) in [4.78, 5) is 11.2. The maximum atomic E-state index is 11.2. The summed E-state index contributed by atoms with van der Waals surface area (Å²) < 4.78 is 10.1. The predicted molar refractivity (Wildman–Crippen MR) is 75.9 cm³/mol. The maximum Gasteiger partial charge on any atom is 0.331 e. The van der Waals surface area contributed by atoms with Crippen LogP contribution in [0.5, 0.6) is 0 Å². The van der Waals surface area contributed by atoms with Gasteiger partial charge in [-0.05, 0) is 26.3 Å². The third-order valence-electron chi connectivity index (χ3n) is 2.06. The zero-order chi connectivity index (χ0) is 14.7. The number of ether oxygens (including phenoxy) is 2. The molecule has 0 unspecified atom stereocenters. The fourth-order valence-corrected chi connectivity index (χ4v) is 1.15. The van der Waals surface area contributed by atoms with Crippen LogP contribution in [-0.4, -0.2) is 18.2 Å². The number of allylic oxidation sites excluding steroid dienone is 2. The molecule has 0 saturated heterocycles. The van der Waals surface area contributed by atoms with E-state index in [1.165, 1.54) is 6.08 Å². The number of esters is 1. The highest BCUT2D eigenvalue weighted by Crippen LogP contribution is 2.14. The Morgan fingerprint density at radius 3 is 2.68 bits per heavy atom. The van der Waals surface area contributed by atoms with E-state index < -0.39 is 5.97 Å². The Kier molecular flexibility index (Phi) is 7.89. The van der Waals surface area contributed by atoms with E-state index in [4.69, 9.17) is 15.9 Å². The molecule has 0 aliphatic carbocycles. The van der Waals surface area contributed by atoms with Crippen molar-refractivity contribution in [2.75, 3.05) is 6.61 Å². The first kappa shape index (κ1) is 16.9. The van der Waals surface area contributed by atoms with Crippen molar-refractivity contribution < 1.29 is 14.3 Å². The van der Waals surface area contributed by atoms with E-state index in [9.17, 15) is 4.79 Å². The van der Waals surface area contributed by atoms with E-state index in [-0.39, 0.29) is 12.2 Å². The van der Waals surface area contributed by atoms with Crippen molar-refractivity contribution in [2.45, 2.75) is 39.7 Å². The van der Waals surface area contributed by atoms with Crippen LogP contribution in [0.2, 0.25) is 0 Å². The molecule has 0 N–H and O–H groups in total. The normalized spacial score (nSPS) is 11.4. The molecule has 0 radical (unpaired) electrons. The summed E-state index contributed by atoms with van der Waals surface area (Å²) in [6.45, 7) is 7.42. The second kappa shape index (κ2) is 8.89. The lowest BCUT2D eigenvalue weighted by molar-refractivity contribution is -0.136. The lowest BCUT2D eigenvalue weighted by Crippen LogP contribution is -2.20. The highest BCUT2D eigenvalue weighted by atomic mass is 16.5. The molecule has 0 aliphatic rings. The molecule has 0 aromatic rings. The fraction of sp³-hybridized carbons (Fsp3) is 0.438. The summed E-state index contributed by atoms with van der Waals surface area (Å²) >= 11 is 0. The Morgan fingerprint density at radius 1 is 1.42 bits per heavy atom. The quantitative estimate of drug-likeness (QED) is 0.319.